The van der Waals surface area contributed by atoms with Gasteiger partial charge >= 0.3 is 5.97 Å². The van der Waals surface area contributed by atoms with Gasteiger partial charge in [0.25, 0.3) is 0 Å². The number of hydrogen-bond acceptors (Lipinski definition) is 4. The third kappa shape index (κ3) is 4.28. The zero-order valence-electron chi connectivity index (χ0n) is 7.27. The van der Waals surface area contributed by atoms with Gasteiger partial charge in [-0.15, -0.1) is 11.3 Å². The van der Waals surface area contributed by atoms with E-state index in [1.54, 1.807) is 29.3 Å². The molecule has 0 bridgehead atoms. The largest absolute Gasteiger partial charge is 0.481 e. The third-order valence-corrected chi connectivity index (χ3v) is 3.58. The summed E-state index contributed by atoms with van der Waals surface area (Å²) in [5.74, 6) is 0.0747. The third-order valence-electron chi connectivity index (χ3n) is 1.44. The van der Waals surface area contributed by atoms with Crippen molar-refractivity contribution in [3.05, 3.63) is 16.6 Å². The topological polar surface area (TPSA) is 50.2 Å². The minimum atomic E-state index is -0.737. The number of nitrogens with zero attached hydrogens (tertiary/aromatic N) is 1. The molecule has 13 heavy (non-hydrogen) atoms. The minimum absolute atomic E-state index is 0.154. The first-order valence-electron chi connectivity index (χ1n) is 3.90. The number of thiazole rings is 1. The molecular formula is C8H11NO2S2. The van der Waals surface area contributed by atoms with Crippen LogP contribution in [0.3, 0.4) is 0 Å². The van der Waals surface area contributed by atoms with Crippen LogP contribution in [0.25, 0.3) is 0 Å². The molecule has 1 aromatic heterocycles. The number of carbonyl (C=O) groups is 1. The molecule has 0 saturated heterocycles. The van der Waals surface area contributed by atoms with Gasteiger partial charge in [0, 0.05) is 22.6 Å². The predicted octanol–water partition coefficient (Wildman–Crippen LogP) is 2.24. The molecule has 0 aliphatic rings. The van der Waals surface area contributed by atoms with Crippen molar-refractivity contribution in [2.24, 2.45) is 0 Å². The molecule has 0 aromatic carbocycles. The summed E-state index contributed by atoms with van der Waals surface area (Å²) in [6, 6.07) is 0. The Morgan fingerprint density at radius 3 is 3.15 bits per heavy atom. The molecule has 0 radical (unpaired) electrons. The second kappa shape index (κ2) is 5.24. The molecule has 0 aliphatic heterocycles. The van der Waals surface area contributed by atoms with E-state index in [1.807, 2.05) is 12.3 Å². The number of aliphatic carboxylic acids is 1. The van der Waals surface area contributed by atoms with E-state index in [1.165, 1.54) is 0 Å². The molecule has 1 unspecified atom stereocenters. The van der Waals surface area contributed by atoms with Crippen LogP contribution in [0.5, 0.6) is 0 Å². The molecule has 5 heteroatoms. The van der Waals surface area contributed by atoms with Crippen LogP contribution < -0.4 is 0 Å². The molecular weight excluding hydrogens is 206 g/mol. The zero-order chi connectivity index (χ0) is 9.68. The van der Waals surface area contributed by atoms with Gasteiger partial charge in [-0.25, -0.2) is 4.98 Å². The van der Waals surface area contributed by atoms with Crippen molar-refractivity contribution in [1.29, 1.82) is 0 Å². The summed E-state index contributed by atoms with van der Waals surface area (Å²) in [7, 11) is 0. The Balaban J connectivity index is 2.22. The normalized spacial score (nSPS) is 12.7. The lowest BCUT2D eigenvalue weighted by atomic mass is 10.3. The van der Waals surface area contributed by atoms with Crippen molar-refractivity contribution in [3.63, 3.8) is 0 Å². The molecule has 0 fully saturated rings. The van der Waals surface area contributed by atoms with Crippen LogP contribution in [-0.4, -0.2) is 21.3 Å². The first-order chi connectivity index (χ1) is 6.18. The molecule has 0 aliphatic carbocycles. The Morgan fingerprint density at radius 1 is 1.85 bits per heavy atom. The zero-order valence-corrected chi connectivity index (χ0v) is 8.90. The molecule has 1 aromatic rings. The lowest BCUT2D eigenvalue weighted by molar-refractivity contribution is -0.136. The highest BCUT2D eigenvalue weighted by molar-refractivity contribution is 7.99. The number of carboxylic acid groups (broad SMARTS) is 1. The lowest BCUT2D eigenvalue weighted by Gasteiger charge is -2.05. The summed E-state index contributed by atoms with van der Waals surface area (Å²) < 4.78 is 0. The van der Waals surface area contributed by atoms with E-state index in [9.17, 15) is 4.79 Å². The van der Waals surface area contributed by atoms with Crippen molar-refractivity contribution in [3.8, 4) is 0 Å². The van der Waals surface area contributed by atoms with E-state index in [0.29, 0.717) is 0 Å². The fourth-order valence-electron chi connectivity index (χ4n) is 0.843. The van der Waals surface area contributed by atoms with Crippen LogP contribution in [0.15, 0.2) is 11.6 Å². The summed E-state index contributed by atoms with van der Waals surface area (Å²) in [5.41, 5.74) is 0. The van der Waals surface area contributed by atoms with E-state index < -0.39 is 5.97 Å². The molecule has 1 heterocycles. The molecule has 0 amide bonds. The summed E-state index contributed by atoms with van der Waals surface area (Å²) >= 11 is 3.23. The molecule has 3 nitrogen and oxygen atoms in total. The van der Waals surface area contributed by atoms with E-state index in [0.717, 1.165) is 10.8 Å². The lowest BCUT2D eigenvalue weighted by Crippen LogP contribution is -2.05. The van der Waals surface area contributed by atoms with Gasteiger partial charge in [0.15, 0.2) is 0 Å². The molecule has 0 saturated carbocycles. The molecule has 72 valence electrons. The summed E-state index contributed by atoms with van der Waals surface area (Å²) in [5, 5.41) is 11.7. The summed E-state index contributed by atoms with van der Waals surface area (Å²) in [6.45, 7) is 1.92. The Labute approximate surface area is 85.2 Å². The second-order valence-corrected chi connectivity index (χ2v) is 5.05. The Bertz CT molecular complexity index is 261. The standard InChI is InChI=1S/C8H11NO2S2/c1-6(4-8(10)11)13-5-7-9-2-3-12-7/h2-3,6H,4-5H2,1H3,(H,10,11). The highest BCUT2D eigenvalue weighted by atomic mass is 32.2. The smallest absolute Gasteiger partial charge is 0.304 e. The first kappa shape index (κ1) is 10.5. The maximum Gasteiger partial charge on any atom is 0.304 e. The van der Waals surface area contributed by atoms with Gasteiger partial charge in [-0.2, -0.15) is 11.8 Å². The Hall–Kier alpha value is -0.550. The Kier molecular flexibility index (Phi) is 4.24. The monoisotopic (exact) mass is 217 g/mol. The number of rotatable bonds is 5. The van der Waals surface area contributed by atoms with E-state index in [2.05, 4.69) is 4.98 Å². The molecule has 1 N–H and O–H groups in total. The highest BCUT2D eigenvalue weighted by Gasteiger charge is 2.08. The average molecular weight is 217 g/mol. The first-order valence-corrected chi connectivity index (χ1v) is 5.83. The number of thioether (sulfide) groups is 1. The van der Waals surface area contributed by atoms with Gasteiger partial charge in [-0.05, 0) is 0 Å². The van der Waals surface area contributed by atoms with Crippen molar-refractivity contribution in [1.82, 2.24) is 4.98 Å². The summed E-state index contributed by atoms with van der Waals surface area (Å²) in [6.07, 6.45) is 1.98. The number of carboxylic acids is 1. The summed E-state index contributed by atoms with van der Waals surface area (Å²) in [4.78, 5) is 14.5. The van der Waals surface area contributed by atoms with E-state index in [-0.39, 0.29) is 11.7 Å². The number of aromatic nitrogens is 1. The molecule has 1 atom stereocenters. The van der Waals surface area contributed by atoms with E-state index in [4.69, 9.17) is 5.11 Å². The maximum absolute atomic E-state index is 10.3. The van der Waals surface area contributed by atoms with Crippen LogP contribution in [-0.2, 0) is 10.5 Å². The number of hydrogen-bond donors (Lipinski definition) is 1. The molecule has 0 spiro atoms. The van der Waals surface area contributed by atoms with Crippen LogP contribution in [0, 0.1) is 0 Å². The van der Waals surface area contributed by atoms with Gasteiger partial charge in [0.05, 0.1) is 6.42 Å². The van der Waals surface area contributed by atoms with Gasteiger partial charge in [0.1, 0.15) is 5.01 Å². The van der Waals surface area contributed by atoms with Crippen molar-refractivity contribution in [2.45, 2.75) is 24.3 Å². The van der Waals surface area contributed by atoms with Crippen LogP contribution in [0.2, 0.25) is 0 Å². The maximum atomic E-state index is 10.3. The van der Waals surface area contributed by atoms with Crippen molar-refractivity contribution >= 4 is 29.1 Å². The molecule has 1 rings (SSSR count). The second-order valence-electron chi connectivity index (χ2n) is 2.65. The Morgan fingerprint density at radius 2 is 2.62 bits per heavy atom. The van der Waals surface area contributed by atoms with Gasteiger partial charge in [0.2, 0.25) is 0 Å². The fraction of sp³-hybridized carbons (Fsp3) is 0.500. The minimum Gasteiger partial charge on any atom is -0.481 e. The SMILES string of the molecule is CC(CC(=O)O)SCc1nccs1. The van der Waals surface area contributed by atoms with Crippen LogP contribution >= 0.6 is 23.1 Å². The van der Waals surface area contributed by atoms with Gasteiger partial charge < -0.3 is 5.11 Å². The quantitative estimate of drug-likeness (QED) is 0.821. The van der Waals surface area contributed by atoms with Crippen molar-refractivity contribution < 1.29 is 9.90 Å². The van der Waals surface area contributed by atoms with Crippen molar-refractivity contribution in [2.75, 3.05) is 0 Å². The van der Waals surface area contributed by atoms with Gasteiger partial charge in [-0.1, -0.05) is 6.92 Å². The van der Waals surface area contributed by atoms with Gasteiger partial charge in [-0.3, -0.25) is 4.79 Å². The fourth-order valence-corrected chi connectivity index (χ4v) is 2.48. The predicted molar refractivity (Wildman–Crippen MR) is 55.1 cm³/mol. The van der Waals surface area contributed by atoms with Crippen LogP contribution in [0.4, 0.5) is 0 Å². The highest BCUT2D eigenvalue weighted by Crippen LogP contribution is 2.20. The van der Waals surface area contributed by atoms with Crippen LogP contribution in [0.1, 0.15) is 18.4 Å². The average Bonchev–Trinajstić information content (AvgIpc) is 2.51. The van der Waals surface area contributed by atoms with E-state index >= 15 is 0 Å².